The van der Waals surface area contributed by atoms with Crippen molar-refractivity contribution >= 4 is 23.0 Å². The minimum absolute atomic E-state index is 0.281. The fourth-order valence-electron chi connectivity index (χ4n) is 1.18. The standard InChI is InChI=1S/C10H10N4OS/c11-10(16)8-2-1-3-9(14-8)12-6-7-4-5-13-15-7/h1-5H,6H2,(H2,11,16)(H,12,14). The molecule has 5 nitrogen and oxygen atoms in total. The number of hydrogen-bond donors (Lipinski definition) is 2. The smallest absolute Gasteiger partial charge is 0.155 e. The second-order valence-corrected chi connectivity index (χ2v) is 3.54. The largest absolute Gasteiger partial charge is 0.388 e. The molecular formula is C10H10N4OS. The quantitative estimate of drug-likeness (QED) is 0.777. The van der Waals surface area contributed by atoms with E-state index in [-0.39, 0.29) is 4.99 Å². The van der Waals surface area contributed by atoms with Crippen LogP contribution in [0.4, 0.5) is 5.82 Å². The number of thiocarbonyl (C=S) groups is 1. The molecule has 0 amide bonds. The van der Waals surface area contributed by atoms with Gasteiger partial charge in [0.2, 0.25) is 0 Å². The molecule has 16 heavy (non-hydrogen) atoms. The van der Waals surface area contributed by atoms with Crippen molar-refractivity contribution in [2.45, 2.75) is 6.54 Å². The van der Waals surface area contributed by atoms with Crippen LogP contribution in [0.25, 0.3) is 0 Å². The summed E-state index contributed by atoms with van der Waals surface area (Å²) in [5, 5.41) is 6.69. The maximum Gasteiger partial charge on any atom is 0.155 e. The zero-order valence-electron chi connectivity index (χ0n) is 8.38. The summed E-state index contributed by atoms with van der Waals surface area (Å²) in [5.41, 5.74) is 6.08. The summed E-state index contributed by atoms with van der Waals surface area (Å²) in [4.78, 5) is 4.51. The van der Waals surface area contributed by atoms with Crippen molar-refractivity contribution in [2.24, 2.45) is 5.73 Å². The van der Waals surface area contributed by atoms with Crippen LogP contribution in [0.5, 0.6) is 0 Å². The van der Waals surface area contributed by atoms with Crippen LogP contribution in [0.3, 0.4) is 0 Å². The summed E-state index contributed by atoms with van der Waals surface area (Å²) < 4.78 is 4.94. The van der Waals surface area contributed by atoms with Gasteiger partial charge in [-0.25, -0.2) is 4.98 Å². The van der Waals surface area contributed by atoms with Crippen molar-refractivity contribution in [2.75, 3.05) is 5.32 Å². The van der Waals surface area contributed by atoms with Gasteiger partial charge < -0.3 is 15.6 Å². The minimum Gasteiger partial charge on any atom is -0.388 e. The molecule has 0 spiro atoms. The molecule has 0 saturated heterocycles. The van der Waals surface area contributed by atoms with Crippen LogP contribution < -0.4 is 11.1 Å². The van der Waals surface area contributed by atoms with Gasteiger partial charge in [-0.05, 0) is 12.1 Å². The molecule has 82 valence electrons. The second kappa shape index (κ2) is 4.71. The second-order valence-electron chi connectivity index (χ2n) is 3.10. The molecule has 0 unspecified atom stereocenters. The SMILES string of the molecule is NC(=S)c1cccc(NCc2ccno2)n1. The van der Waals surface area contributed by atoms with E-state index in [9.17, 15) is 0 Å². The van der Waals surface area contributed by atoms with Gasteiger partial charge in [0.05, 0.1) is 18.4 Å². The molecule has 2 rings (SSSR count). The lowest BCUT2D eigenvalue weighted by atomic mass is 10.3. The highest BCUT2D eigenvalue weighted by atomic mass is 32.1. The Kier molecular flexibility index (Phi) is 3.11. The van der Waals surface area contributed by atoms with Crippen molar-refractivity contribution in [3.8, 4) is 0 Å². The first-order chi connectivity index (χ1) is 7.75. The van der Waals surface area contributed by atoms with Crippen LogP contribution in [0.2, 0.25) is 0 Å². The lowest BCUT2D eigenvalue weighted by Crippen LogP contribution is -2.12. The molecule has 0 fully saturated rings. The van der Waals surface area contributed by atoms with E-state index in [1.807, 2.05) is 12.1 Å². The van der Waals surface area contributed by atoms with Gasteiger partial charge in [-0.1, -0.05) is 23.4 Å². The molecule has 2 heterocycles. The van der Waals surface area contributed by atoms with Crippen LogP contribution >= 0.6 is 12.2 Å². The Morgan fingerprint density at radius 3 is 3.00 bits per heavy atom. The van der Waals surface area contributed by atoms with E-state index in [2.05, 4.69) is 15.5 Å². The van der Waals surface area contributed by atoms with Gasteiger partial charge >= 0.3 is 0 Å². The van der Waals surface area contributed by atoms with Gasteiger partial charge in [0.1, 0.15) is 10.8 Å². The Balaban J connectivity index is 2.04. The Hall–Kier alpha value is -1.95. The minimum atomic E-state index is 0.281. The van der Waals surface area contributed by atoms with E-state index in [0.717, 1.165) is 5.76 Å². The Bertz CT molecular complexity index is 483. The number of nitrogens with two attached hydrogens (primary N) is 1. The van der Waals surface area contributed by atoms with Gasteiger partial charge in [-0.15, -0.1) is 0 Å². The lowest BCUT2D eigenvalue weighted by Gasteiger charge is -2.04. The first-order valence-corrected chi connectivity index (χ1v) is 5.07. The molecule has 0 aliphatic heterocycles. The van der Waals surface area contributed by atoms with Crippen molar-refractivity contribution in [1.82, 2.24) is 10.1 Å². The topological polar surface area (TPSA) is 77.0 Å². The zero-order chi connectivity index (χ0) is 11.4. The third-order valence-electron chi connectivity index (χ3n) is 1.94. The maximum absolute atomic E-state index is 5.49. The third-order valence-corrected chi connectivity index (χ3v) is 2.15. The Morgan fingerprint density at radius 1 is 1.44 bits per heavy atom. The normalized spacial score (nSPS) is 10.0. The summed E-state index contributed by atoms with van der Waals surface area (Å²) >= 11 is 4.84. The fraction of sp³-hybridized carbons (Fsp3) is 0.100. The first-order valence-electron chi connectivity index (χ1n) is 4.66. The Morgan fingerprint density at radius 2 is 2.31 bits per heavy atom. The zero-order valence-corrected chi connectivity index (χ0v) is 9.20. The molecule has 0 aromatic carbocycles. The fourth-order valence-corrected chi connectivity index (χ4v) is 1.30. The van der Waals surface area contributed by atoms with Gasteiger partial charge in [-0.3, -0.25) is 0 Å². The highest BCUT2D eigenvalue weighted by Crippen LogP contribution is 2.07. The highest BCUT2D eigenvalue weighted by Gasteiger charge is 2.01. The van der Waals surface area contributed by atoms with Crippen LogP contribution in [0.1, 0.15) is 11.5 Å². The van der Waals surface area contributed by atoms with Crippen molar-refractivity contribution in [3.05, 3.63) is 41.9 Å². The van der Waals surface area contributed by atoms with E-state index in [0.29, 0.717) is 18.1 Å². The molecular weight excluding hydrogens is 224 g/mol. The number of aromatic nitrogens is 2. The number of hydrogen-bond acceptors (Lipinski definition) is 5. The number of nitrogens with one attached hydrogen (secondary N) is 1. The van der Waals surface area contributed by atoms with Crippen LogP contribution in [0, 0.1) is 0 Å². The van der Waals surface area contributed by atoms with E-state index in [1.54, 1.807) is 18.3 Å². The molecule has 0 radical (unpaired) electrons. The van der Waals surface area contributed by atoms with Crippen molar-refractivity contribution in [1.29, 1.82) is 0 Å². The van der Waals surface area contributed by atoms with Crippen molar-refractivity contribution in [3.63, 3.8) is 0 Å². The van der Waals surface area contributed by atoms with Gasteiger partial charge in [-0.2, -0.15) is 0 Å². The average molecular weight is 234 g/mol. The monoisotopic (exact) mass is 234 g/mol. The average Bonchev–Trinajstić information content (AvgIpc) is 2.79. The third kappa shape index (κ3) is 2.54. The molecule has 3 N–H and O–H groups in total. The first kappa shape index (κ1) is 10.6. The molecule has 0 aliphatic carbocycles. The van der Waals surface area contributed by atoms with Crippen LogP contribution in [-0.4, -0.2) is 15.1 Å². The van der Waals surface area contributed by atoms with Gasteiger partial charge in [0.25, 0.3) is 0 Å². The summed E-state index contributed by atoms with van der Waals surface area (Å²) in [6.07, 6.45) is 1.59. The van der Waals surface area contributed by atoms with Crippen LogP contribution in [0.15, 0.2) is 35.0 Å². The molecule has 0 bridgehead atoms. The predicted molar refractivity (Wildman–Crippen MR) is 64.0 cm³/mol. The molecule has 0 aliphatic rings. The number of nitrogens with zero attached hydrogens (tertiary/aromatic N) is 2. The molecule has 2 aromatic rings. The maximum atomic E-state index is 5.49. The highest BCUT2D eigenvalue weighted by molar-refractivity contribution is 7.80. The van der Waals surface area contributed by atoms with Gasteiger partial charge in [0, 0.05) is 6.07 Å². The number of pyridine rings is 1. The van der Waals surface area contributed by atoms with Crippen LogP contribution in [-0.2, 0) is 6.54 Å². The number of rotatable bonds is 4. The summed E-state index contributed by atoms with van der Waals surface area (Å²) in [6.45, 7) is 0.522. The number of anilines is 1. The lowest BCUT2D eigenvalue weighted by molar-refractivity contribution is 0.388. The molecule has 2 aromatic heterocycles. The van der Waals surface area contributed by atoms with E-state index < -0.39 is 0 Å². The molecule has 0 atom stereocenters. The summed E-state index contributed by atoms with van der Waals surface area (Å²) in [7, 11) is 0. The molecule has 6 heteroatoms. The van der Waals surface area contributed by atoms with Crippen molar-refractivity contribution < 1.29 is 4.52 Å². The predicted octanol–water partition coefficient (Wildman–Crippen LogP) is 1.32. The van der Waals surface area contributed by atoms with E-state index in [4.69, 9.17) is 22.5 Å². The molecule has 0 saturated carbocycles. The van der Waals surface area contributed by atoms with Gasteiger partial charge in [0.15, 0.2) is 5.76 Å². The Labute approximate surface area is 97.7 Å². The summed E-state index contributed by atoms with van der Waals surface area (Å²) in [6, 6.07) is 7.22. The van der Waals surface area contributed by atoms with E-state index >= 15 is 0 Å². The summed E-state index contributed by atoms with van der Waals surface area (Å²) in [5.74, 6) is 1.43. The van der Waals surface area contributed by atoms with E-state index in [1.165, 1.54) is 0 Å².